The van der Waals surface area contributed by atoms with Gasteiger partial charge in [-0.1, -0.05) is 103 Å². The summed E-state index contributed by atoms with van der Waals surface area (Å²) in [7, 11) is 0. The molecule has 0 bridgehead atoms. The molecule has 0 saturated carbocycles. The number of para-hydroxylation sites is 5. The van der Waals surface area contributed by atoms with E-state index < -0.39 is 0 Å². The molecule has 45 heavy (non-hydrogen) atoms. The molecule has 1 aliphatic heterocycles. The lowest BCUT2D eigenvalue weighted by molar-refractivity contribution is 0.669. The Kier molecular flexibility index (Phi) is 5.82. The normalized spacial score (nSPS) is 12.4. The zero-order valence-corrected chi connectivity index (χ0v) is 24.5. The number of benzene rings is 7. The molecule has 0 unspecified atom stereocenters. The lowest BCUT2D eigenvalue weighted by Crippen LogP contribution is -2.23. The summed E-state index contributed by atoms with van der Waals surface area (Å²) < 4.78 is 6.06. The fourth-order valence-corrected chi connectivity index (χ4v) is 6.64. The van der Waals surface area contributed by atoms with E-state index in [-0.39, 0.29) is 0 Å². The van der Waals surface area contributed by atoms with Crippen LogP contribution < -0.4 is 9.80 Å². The van der Waals surface area contributed by atoms with Crippen molar-refractivity contribution in [2.45, 2.75) is 0 Å². The number of rotatable bonds is 4. The molecule has 7 aromatic carbocycles. The quantitative estimate of drug-likeness (QED) is 0.208. The van der Waals surface area contributed by atoms with Gasteiger partial charge in [-0.25, -0.2) is 0 Å². The van der Waals surface area contributed by atoms with Crippen molar-refractivity contribution in [1.82, 2.24) is 0 Å². The van der Waals surface area contributed by atoms with E-state index in [0.29, 0.717) is 0 Å². The van der Waals surface area contributed by atoms with Gasteiger partial charge >= 0.3 is 0 Å². The maximum atomic E-state index is 6.06. The Morgan fingerprint density at radius 1 is 0.311 bits per heavy atom. The predicted molar refractivity (Wildman–Crippen MR) is 188 cm³/mol. The third-order valence-electron chi connectivity index (χ3n) is 8.80. The molecule has 0 N–H and O–H groups in total. The van der Waals surface area contributed by atoms with E-state index in [4.69, 9.17) is 4.42 Å². The number of hydrogen-bond donors (Lipinski definition) is 0. The van der Waals surface area contributed by atoms with Gasteiger partial charge in [-0.15, -0.1) is 0 Å². The largest absolute Gasteiger partial charge is 0.456 e. The Bertz CT molecular complexity index is 2270. The fraction of sp³-hybridized carbons (Fsp3) is 0. The van der Waals surface area contributed by atoms with Crippen molar-refractivity contribution in [3.63, 3.8) is 0 Å². The maximum Gasteiger partial charge on any atom is 0.135 e. The van der Waals surface area contributed by atoms with Crippen LogP contribution in [-0.2, 0) is 0 Å². The molecule has 0 saturated heterocycles. The van der Waals surface area contributed by atoms with Gasteiger partial charge in [0.2, 0.25) is 0 Å². The highest BCUT2D eigenvalue weighted by atomic mass is 16.3. The minimum Gasteiger partial charge on any atom is -0.456 e. The molecule has 0 fully saturated rings. The van der Waals surface area contributed by atoms with E-state index in [1.807, 2.05) is 12.1 Å². The van der Waals surface area contributed by atoms with Gasteiger partial charge in [0.05, 0.1) is 22.7 Å². The Hall–Kier alpha value is -6.06. The molecule has 0 radical (unpaired) electrons. The van der Waals surface area contributed by atoms with Crippen LogP contribution in [-0.4, -0.2) is 0 Å². The first-order valence-corrected chi connectivity index (χ1v) is 15.3. The summed E-state index contributed by atoms with van der Waals surface area (Å²) in [6, 6.07) is 60.3. The second-order valence-corrected chi connectivity index (χ2v) is 11.4. The SMILES string of the molecule is c1ccc(-c2ccc(N3c4ccccc4N(c4ccc(-c5ccc6oc7ccccc7c6c5)cc4)c4ccccc43)cc2)cc1. The average molecular weight is 577 g/mol. The zero-order chi connectivity index (χ0) is 29.7. The third kappa shape index (κ3) is 4.21. The van der Waals surface area contributed by atoms with E-state index in [1.54, 1.807) is 0 Å². The van der Waals surface area contributed by atoms with Crippen molar-refractivity contribution in [3.8, 4) is 22.3 Å². The molecule has 9 rings (SSSR count). The Balaban J connectivity index is 1.11. The van der Waals surface area contributed by atoms with Crippen molar-refractivity contribution in [2.75, 3.05) is 9.80 Å². The van der Waals surface area contributed by atoms with Crippen LogP contribution in [0.4, 0.5) is 34.1 Å². The smallest absolute Gasteiger partial charge is 0.135 e. The highest BCUT2D eigenvalue weighted by molar-refractivity contribution is 6.06. The maximum absolute atomic E-state index is 6.06. The van der Waals surface area contributed by atoms with Crippen molar-refractivity contribution in [2.24, 2.45) is 0 Å². The molecular formula is C42H28N2O. The molecule has 3 heteroatoms. The molecule has 212 valence electrons. The van der Waals surface area contributed by atoms with Crippen LogP contribution in [0.25, 0.3) is 44.2 Å². The molecule has 0 aliphatic carbocycles. The molecule has 8 aromatic rings. The Morgan fingerprint density at radius 3 is 1.31 bits per heavy atom. The van der Waals surface area contributed by atoms with Gasteiger partial charge in [0.25, 0.3) is 0 Å². The third-order valence-corrected chi connectivity index (χ3v) is 8.80. The van der Waals surface area contributed by atoms with Crippen molar-refractivity contribution < 1.29 is 4.42 Å². The first kappa shape index (κ1) is 25.4. The number of hydrogen-bond acceptors (Lipinski definition) is 3. The topological polar surface area (TPSA) is 19.6 Å². The van der Waals surface area contributed by atoms with Gasteiger partial charge in [0, 0.05) is 22.1 Å². The van der Waals surface area contributed by atoms with Crippen LogP contribution >= 0.6 is 0 Å². The van der Waals surface area contributed by atoms with Crippen LogP contribution in [0.3, 0.4) is 0 Å². The molecular weight excluding hydrogens is 548 g/mol. The van der Waals surface area contributed by atoms with E-state index in [2.05, 4.69) is 168 Å². The monoisotopic (exact) mass is 576 g/mol. The number of fused-ring (bicyclic) bond motifs is 5. The lowest BCUT2D eigenvalue weighted by Gasteiger charge is -2.40. The average Bonchev–Trinajstić information content (AvgIpc) is 3.49. The highest BCUT2D eigenvalue weighted by Crippen LogP contribution is 2.54. The van der Waals surface area contributed by atoms with Crippen molar-refractivity contribution in [3.05, 3.63) is 170 Å². The molecule has 1 aromatic heterocycles. The van der Waals surface area contributed by atoms with Gasteiger partial charge in [-0.2, -0.15) is 0 Å². The van der Waals surface area contributed by atoms with Crippen LogP contribution in [0.5, 0.6) is 0 Å². The summed E-state index contributed by atoms with van der Waals surface area (Å²) in [6.07, 6.45) is 0. The van der Waals surface area contributed by atoms with E-state index in [0.717, 1.165) is 56.1 Å². The first-order chi connectivity index (χ1) is 22.3. The molecule has 1 aliphatic rings. The first-order valence-electron chi connectivity index (χ1n) is 15.3. The van der Waals surface area contributed by atoms with Gasteiger partial charge in [-0.3, -0.25) is 0 Å². The standard InChI is InChI=1S/C42H28N2O/c1-2-10-29(11-3-1)30-18-23-33(24-19-30)43-37-13-5-7-15-39(37)44(40-16-8-6-14-38(40)43)34-25-20-31(21-26-34)32-22-27-42-36(28-32)35-12-4-9-17-41(35)45-42/h1-28H. The summed E-state index contributed by atoms with van der Waals surface area (Å²) in [5.74, 6) is 0. The van der Waals surface area contributed by atoms with E-state index in [1.165, 1.54) is 22.3 Å². The van der Waals surface area contributed by atoms with Crippen LogP contribution in [0.1, 0.15) is 0 Å². The minimum absolute atomic E-state index is 0.914. The predicted octanol–water partition coefficient (Wildman–Crippen LogP) is 12.2. The summed E-state index contributed by atoms with van der Waals surface area (Å²) in [6.45, 7) is 0. The molecule has 0 spiro atoms. The highest BCUT2D eigenvalue weighted by Gasteiger charge is 2.30. The Morgan fingerprint density at radius 2 is 0.733 bits per heavy atom. The van der Waals surface area contributed by atoms with Crippen LogP contribution in [0.15, 0.2) is 174 Å². The molecule has 3 nitrogen and oxygen atoms in total. The molecule has 2 heterocycles. The number of anilines is 6. The van der Waals surface area contributed by atoms with E-state index >= 15 is 0 Å². The fourth-order valence-electron chi connectivity index (χ4n) is 6.64. The minimum atomic E-state index is 0.914. The van der Waals surface area contributed by atoms with E-state index in [9.17, 15) is 0 Å². The van der Waals surface area contributed by atoms with Crippen LogP contribution in [0.2, 0.25) is 0 Å². The molecule has 0 amide bonds. The van der Waals surface area contributed by atoms with Crippen molar-refractivity contribution >= 4 is 56.1 Å². The van der Waals surface area contributed by atoms with Gasteiger partial charge in [0.15, 0.2) is 0 Å². The van der Waals surface area contributed by atoms with Gasteiger partial charge in [0.1, 0.15) is 11.2 Å². The summed E-state index contributed by atoms with van der Waals surface area (Å²) in [5.41, 5.74) is 13.4. The second kappa shape index (κ2) is 10.3. The summed E-state index contributed by atoms with van der Waals surface area (Å²) in [5, 5.41) is 2.29. The second-order valence-electron chi connectivity index (χ2n) is 11.4. The van der Waals surface area contributed by atoms with Gasteiger partial charge in [-0.05, 0) is 89.0 Å². The lowest BCUT2D eigenvalue weighted by atomic mass is 10.0. The molecule has 0 atom stereocenters. The number of nitrogens with zero attached hydrogens (tertiary/aromatic N) is 2. The van der Waals surface area contributed by atoms with Gasteiger partial charge < -0.3 is 14.2 Å². The Labute approximate surface area is 261 Å². The number of furan rings is 1. The summed E-state index contributed by atoms with van der Waals surface area (Å²) >= 11 is 0. The zero-order valence-electron chi connectivity index (χ0n) is 24.5. The van der Waals surface area contributed by atoms with Crippen molar-refractivity contribution in [1.29, 1.82) is 0 Å². The van der Waals surface area contributed by atoms with Crippen LogP contribution in [0, 0.1) is 0 Å². The summed E-state index contributed by atoms with van der Waals surface area (Å²) in [4.78, 5) is 4.74.